The minimum Gasteiger partial charge on any atom is -0.464 e. The van der Waals surface area contributed by atoms with Gasteiger partial charge in [0.15, 0.2) is 5.78 Å². The standard InChI is InChI=1S/C15H12N2O2/c16-15-10(4-3-7-17-15)8-13(18)12-9-19-14-6-2-1-5-11(12)14/h1-7,9H,8H2,(H2,16,17). The number of furan rings is 1. The Balaban J connectivity index is 1.95. The number of rotatable bonds is 3. The van der Waals surface area contributed by atoms with Gasteiger partial charge in [0.05, 0.1) is 5.56 Å². The molecule has 0 saturated heterocycles. The molecule has 19 heavy (non-hydrogen) atoms. The van der Waals surface area contributed by atoms with Gasteiger partial charge in [-0.1, -0.05) is 24.3 Å². The third kappa shape index (κ3) is 2.08. The molecule has 3 aromatic rings. The lowest BCUT2D eigenvalue weighted by Gasteiger charge is -2.02. The van der Waals surface area contributed by atoms with Crippen LogP contribution in [0.15, 0.2) is 53.3 Å². The fraction of sp³-hybridized carbons (Fsp3) is 0.0667. The number of carbonyl (C=O) groups is 1. The number of aromatic nitrogens is 1. The molecule has 4 nitrogen and oxygen atoms in total. The highest BCUT2D eigenvalue weighted by Crippen LogP contribution is 2.22. The monoisotopic (exact) mass is 252 g/mol. The zero-order valence-electron chi connectivity index (χ0n) is 10.2. The van der Waals surface area contributed by atoms with E-state index in [4.69, 9.17) is 10.2 Å². The molecule has 0 amide bonds. The molecule has 2 aromatic heterocycles. The first-order valence-electron chi connectivity index (χ1n) is 5.94. The van der Waals surface area contributed by atoms with E-state index in [-0.39, 0.29) is 12.2 Å². The van der Waals surface area contributed by atoms with E-state index in [1.165, 1.54) is 6.26 Å². The number of pyridine rings is 1. The summed E-state index contributed by atoms with van der Waals surface area (Å²) in [5.41, 5.74) is 7.78. The maximum Gasteiger partial charge on any atom is 0.171 e. The van der Waals surface area contributed by atoms with Crippen LogP contribution in [0.2, 0.25) is 0 Å². The summed E-state index contributed by atoms with van der Waals surface area (Å²) in [5, 5.41) is 0.829. The molecule has 2 N–H and O–H groups in total. The van der Waals surface area contributed by atoms with Crippen molar-refractivity contribution in [3.8, 4) is 0 Å². The van der Waals surface area contributed by atoms with Crippen molar-refractivity contribution in [3.05, 3.63) is 60.0 Å². The molecule has 0 spiro atoms. The lowest BCUT2D eigenvalue weighted by molar-refractivity contribution is 0.0994. The second-order valence-electron chi connectivity index (χ2n) is 4.29. The zero-order chi connectivity index (χ0) is 13.2. The highest BCUT2D eigenvalue weighted by molar-refractivity contribution is 6.08. The predicted molar refractivity (Wildman–Crippen MR) is 72.9 cm³/mol. The first-order valence-corrected chi connectivity index (χ1v) is 5.94. The first-order chi connectivity index (χ1) is 9.25. The molecule has 0 aliphatic rings. The number of nitrogens with zero attached hydrogens (tertiary/aromatic N) is 1. The highest BCUT2D eigenvalue weighted by atomic mass is 16.3. The summed E-state index contributed by atoms with van der Waals surface area (Å²) < 4.78 is 5.37. The molecular weight excluding hydrogens is 240 g/mol. The van der Waals surface area contributed by atoms with Crippen LogP contribution < -0.4 is 5.73 Å². The molecule has 2 heterocycles. The van der Waals surface area contributed by atoms with Crippen LogP contribution in [-0.4, -0.2) is 10.8 Å². The molecule has 3 rings (SSSR count). The van der Waals surface area contributed by atoms with Crippen molar-refractivity contribution in [1.82, 2.24) is 4.98 Å². The van der Waals surface area contributed by atoms with Crippen molar-refractivity contribution in [2.45, 2.75) is 6.42 Å². The van der Waals surface area contributed by atoms with Crippen LogP contribution in [0.5, 0.6) is 0 Å². The number of para-hydroxylation sites is 1. The molecule has 0 aliphatic heterocycles. The van der Waals surface area contributed by atoms with Gasteiger partial charge in [0.25, 0.3) is 0 Å². The van der Waals surface area contributed by atoms with E-state index < -0.39 is 0 Å². The maximum atomic E-state index is 12.3. The maximum absolute atomic E-state index is 12.3. The van der Waals surface area contributed by atoms with Crippen molar-refractivity contribution in [3.63, 3.8) is 0 Å². The van der Waals surface area contributed by atoms with Crippen molar-refractivity contribution < 1.29 is 9.21 Å². The normalized spacial score (nSPS) is 10.7. The molecule has 94 valence electrons. The summed E-state index contributed by atoms with van der Waals surface area (Å²) in [6.45, 7) is 0. The molecule has 0 aliphatic carbocycles. The van der Waals surface area contributed by atoms with Crippen molar-refractivity contribution in [1.29, 1.82) is 0 Å². The highest BCUT2D eigenvalue weighted by Gasteiger charge is 2.15. The summed E-state index contributed by atoms with van der Waals surface area (Å²) in [6, 6.07) is 11.0. The van der Waals surface area contributed by atoms with Gasteiger partial charge in [-0.05, 0) is 12.1 Å². The molecule has 0 radical (unpaired) electrons. The van der Waals surface area contributed by atoms with Crippen LogP contribution in [0.1, 0.15) is 15.9 Å². The Kier molecular flexibility index (Phi) is 2.76. The lowest BCUT2D eigenvalue weighted by atomic mass is 10.0. The van der Waals surface area contributed by atoms with E-state index in [0.717, 1.165) is 10.9 Å². The number of hydrogen-bond donors (Lipinski definition) is 1. The Labute approximate surface area is 109 Å². The van der Waals surface area contributed by atoms with Crippen molar-refractivity contribution >= 4 is 22.6 Å². The van der Waals surface area contributed by atoms with Gasteiger partial charge in [0.1, 0.15) is 17.7 Å². The average Bonchev–Trinajstić information content (AvgIpc) is 2.85. The number of ketones is 1. The third-order valence-corrected chi connectivity index (χ3v) is 3.06. The number of benzene rings is 1. The van der Waals surface area contributed by atoms with Crippen LogP contribution >= 0.6 is 0 Å². The lowest BCUT2D eigenvalue weighted by Crippen LogP contribution is -2.06. The van der Waals surface area contributed by atoms with Gasteiger partial charge in [-0.15, -0.1) is 0 Å². The van der Waals surface area contributed by atoms with Crippen LogP contribution in [0.3, 0.4) is 0 Å². The van der Waals surface area contributed by atoms with Gasteiger partial charge in [0.2, 0.25) is 0 Å². The number of nitrogen functional groups attached to an aromatic ring is 1. The Bertz CT molecular complexity index is 746. The molecule has 0 unspecified atom stereocenters. The van der Waals surface area contributed by atoms with Crippen LogP contribution in [-0.2, 0) is 6.42 Å². The van der Waals surface area contributed by atoms with Crippen LogP contribution in [0.4, 0.5) is 5.82 Å². The molecule has 0 atom stereocenters. The molecule has 0 fully saturated rings. The van der Waals surface area contributed by atoms with Gasteiger partial charge in [0, 0.05) is 23.6 Å². The van der Waals surface area contributed by atoms with Gasteiger partial charge in [-0.25, -0.2) is 4.98 Å². The fourth-order valence-electron chi connectivity index (χ4n) is 2.06. The van der Waals surface area contributed by atoms with Crippen molar-refractivity contribution in [2.75, 3.05) is 5.73 Å². The minimum atomic E-state index is -0.0235. The number of carbonyl (C=O) groups excluding carboxylic acids is 1. The summed E-state index contributed by atoms with van der Waals surface area (Å²) in [5.74, 6) is 0.369. The van der Waals surface area contributed by atoms with E-state index >= 15 is 0 Å². The minimum absolute atomic E-state index is 0.0235. The van der Waals surface area contributed by atoms with Crippen molar-refractivity contribution in [2.24, 2.45) is 0 Å². The average molecular weight is 252 g/mol. The molecular formula is C15H12N2O2. The summed E-state index contributed by atoms with van der Waals surface area (Å²) in [6.07, 6.45) is 3.33. The molecule has 4 heteroatoms. The third-order valence-electron chi connectivity index (χ3n) is 3.06. The molecule has 0 saturated carbocycles. The molecule has 1 aromatic carbocycles. The van der Waals surface area contributed by atoms with Gasteiger partial charge in [-0.2, -0.15) is 0 Å². The summed E-state index contributed by atoms with van der Waals surface area (Å²) >= 11 is 0. The number of anilines is 1. The van der Waals surface area contributed by atoms with Crippen LogP contribution in [0.25, 0.3) is 11.0 Å². The number of nitrogens with two attached hydrogens (primary N) is 1. The van der Waals surface area contributed by atoms with E-state index in [9.17, 15) is 4.79 Å². The Morgan fingerprint density at radius 2 is 2.05 bits per heavy atom. The number of Topliss-reactive ketones (excluding diaryl/α,β-unsaturated/α-hetero) is 1. The SMILES string of the molecule is Nc1ncccc1CC(=O)c1coc2ccccc12. The van der Waals surface area contributed by atoms with Gasteiger partial charge < -0.3 is 10.2 Å². The quantitative estimate of drug-likeness (QED) is 0.728. The van der Waals surface area contributed by atoms with E-state index in [2.05, 4.69) is 4.98 Å². The Morgan fingerprint density at radius 1 is 1.21 bits per heavy atom. The van der Waals surface area contributed by atoms with E-state index in [1.807, 2.05) is 30.3 Å². The topological polar surface area (TPSA) is 69.1 Å². The van der Waals surface area contributed by atoms with Gasteiger partial charge >= 0.3 is 0 Å². The molecule has 0 bridgehead atoms. The number of hydrogen-bond acceptors (Lipinski definition) is 4. The van der Waals surface area contributed by atoms with Gasteiger partial charge in [-0.3, -0.25) is 4.79 Å². The van der Waals surface area contributed by atoms with E-state index in [0.29, 0.717) is 17.0 Å². The second-order valence-corrected chi connectivity index (χ2v) is 4.29. The first kappa shape index (κ1) is 11.5. The zero-order valence-corrected chi connectivity index (χ0v) is 10.2. The smallest absolute Gasteiger partial charge is 0.171 e. The fourth-order valence-corrected chi connectivity index (χ4v) is 2.06. The van der Waals surface area contributed by atoms with Crippen LogP contribution in [0, 0.1) is 0 Å². The second kappa shape index (κ2) is 4.57. The summed E-state index contributed by atoms with van der Waals surface area (Å²) in [4.78, 5) is 16.3. The Morgan fingerprint density at radius 3 is 2.89 bits per heavy atom. The van der Waals surface area contributed by atoms with E-state index in [1.54, 1.807) is 12.3 Å². The largest absolute Gasteiger partial charge is 0.464 e. The Hall–Kier alpha value is -2.62. The number of fused-ring (bicyclic) bond motifs is 1. The predicted octanol–water partition coefficient (Wildman–Crippen LogP) is 2.84. The summed E-state index contributed by atoms with van der Waals surface area (Å²) in [7, 11) is 0.